The molecule has 1 atom stereocenters. The first kappa shape index (κ1) is 15.6. The summed E-state index contributed by atoms with van der Waals surface area (Å²) in [6.45, 7) is 6.13. The van der Waals surface area contributed by atoms with Crippen LogP contribution in [-0.2, 0) is 10.8 Å². The Bertz CT molecular complexity index is 428. The van der Waals surface area contributed by atoms with E-state index in [1.54, 1.807) is 0 Å². The molecule has 0 saturated heterocycles. The number of hydrogen-bond donors (Lipinski definition) is 3. The molecule has 1 rings (SSSR count). The number of nitrogen functional groups attached to an aromatic ring is 1. The van der Waals surface area contributed by atoms with Gasteiger partial charge in [-0.25, -0.2) is 5.84 Å². The van der Waals surface area contributed by atoms with Crippen LogP contribution >= 0.6 is 0 Å². The van der Waals surface area contributed by atoms with Crippen molar-refractivity contribution >= 4 is 22.7 Å². The summed E-state index contributed by atoms with van der Waals surface area (Å²) >= 11 is 0. The van der Waals surface area contributed by atoms with Gasteiger partial charge >= 0.3 is 6.01 Å². The smallest absolute Gasteiger partial charge is 0.323 e. The van der Waals surface area contributed by atoms with Crippen molar-refractivity contribution in [3.63, 3.8) is 0 Å². The van der Waals surface area contributed by atoms with Gasteiger partial charge in [-0.1, -0.05) is 6.92 Å². The number of nitrogens with two attached hydrogens (primary N) is 1. The molecule has 19 heavy (non-hydrogen) atoms. The predicted molar refractivity (Wildman–Crippen MR) is 75.4 cm³/mol. The van der Waals surface area contributed by atoms with Crippen LogP contribution in [0.3, 0.4) is 0 Å². The van der Waals surface area contributed by atoms with E-state index >= 15 is 0 Å². The number of nitrogens with one attached hydrogen (secondary N) is 2. The first-order chi connectivity index (χ1) is 9.05. The van der Waals surface area contributed by atoms with Gasteiger partial charge in [-0.3, -0.25) is 9.63 Å². The van der Waals surface area contributed by atoms with Gasteiger partial charge in [0.05, 0.1) is 6.10 Å². The Hall–Kier alpha value is -1.48. The molecular weight excluding hydrogens is 268 g/mol. The fourth-order valence-corrected chi connectivity index (χ4v) is 1.80. The van der Waals surface area contributed by atoms with Gasteiger partial charge in [0.1, 0.15) is 0 Å². The Morgan fingerprint density at radius 3 is 2.58 bits per heavy atom. The largest absolute Gasteiger partial charge is 0.461 e. The van der Waals surface area contributed by atoms with Crippen molar-refractivity contribution in [2.75, 3.05) is 28.8 Å². The zero-order chi connectivity index (χ0) is 14.3. The first-order valence-electron chi connectivity index (χ1n) is 6.03. The second kappa shape index (κ2) is 7.85. The van der Waals surface area contributed by atoms with Gasteiger partial charge in [-0.05, 0) is 13.8 Å². The normalized spacial score (nSPS) is 12.3. The number of rotatable bonds is 8. The van der Waals surface area contributed by atoms with Crippen molar-refractivity contribution < 1.29 is 8.95 Å². The highest BCUT2D eigenvalue weighted by atomic mass is 32.2. The van der Waals surface area contributed by atoms with Crippen molar-refractivity contribution in [3.05, 3.63) is 0 Å². The molecule has 0 aromatic carbocycles. The molecule has 0 aliphatic carbocycles. The Morgan fingerprint density at radius 2 is 2.00 bits per heavy atom. The van der Waals surface area contributed by atoms with E-state index in [1.165, 1.54) is 0 Å². The molecule has 0 bridgehead atoms. The standard InChI is InChI=1S/C10H20N6O2S/c1-4-19(17)6-5-12-8-13-9(16-11)15-10(14-8)18-7(2)3/h7H,4-6,11H2,1-3H3,(H2,12,13,14,15,16). The second-order valence-electron chi connectivity index (χ2n) is 3.94. The maximum atomic E-state index is 11.3. The number of hydrogen-bond acceptors (Lipinski definition) is 8. The molecule has 0 spiro atoms. The summed E-state index contributed by atoms with van der Waals surface area (Å²) in [7, 11) is -0.827. The fraction of sp³-hybridized carbons (Fsp3) is 0.700. The molecule has 8 nitrogen and oxygen atoms in total. The molecule has 0 saturated carbocycles. The molecule has 0 aliphatic rings. The maximum absolute atomic E-state index is 11.3. The van der Waals surface area contributed by atoms with Gasteiger partial charge in [0.15, 0.2) is 0 Å². The van der Waals surface area contributed by atoms with E-state index in [0.29, 0.717) is 24.0 Å². The monoisotopic (exact) mass is 288 g/mol. The Morgan fingerprint density at radius 1 is 1.32 bits per heavy atom. The fourth-order valence-electron chi connectivity index (χ4n) is 1.18. The van der Waals surface area contributed by atoms with Gasteiger partial charge < -0.3 is 10.1 Å². The number of anilines is 2. The van der Waals surface area contributed by atoms with Gasteiger partial charge in [0.2, 0.25) is 11.9 Å². The van der Waals surface area contributed by atoms with E-state index in [9.17, 15) is 4.21 Å². The highest BCUT2D eigenvalue weighted by Gasteiger charge is 2.08. The molecule has 0 fully saturated rings. The molecule has 9 heteroatoms. The van der Waals surface area contributed by atoms with E-state index < -0.39 is 10.8 Å². The van der Waals surface area contributed by atoms with Crippen molar-refractivity contribution in [1.29, 1.82) is 0 Å². The molecule has 1 aromatic rings. The predicted octanol–water partition coefficient (Wildman–Crippen LogP) is 0.125. The lowest BCUT2D eigenvalue weighted by Crippen LogP contribution is -2.18. The van der Waals surface area contributed by atoms with Crippen molar-refractivity contribution in [2.24, 2.45) is 5.84 Å². The molecule has 0 amide bonds. The third kappa shape index (κ3) is 5.79. The summed E-state index contributed by atoms with van der Waals surface area (Å²) in [6.07, 6.45) is -0.0477. The highest BCUT2D eigenvalue weighted by Crippen LogP contribution is 2.11. The quantitative estimate of drug-likeness (QED) is 0.456. The van der Waals surface area contributed by atoms with Gasteiger partial charge in [0, 0.05) is 28.9 Å². The van der Waals surface area contributed by atoms with Crippen LogP contribution in [0, 0.1) is 0 Å². The third-order valence-electron chi connectivity index (χ3n) is 2.02. The summed E-state index contributed by atoms with van der Waals surface area (Å²) in [5, 5.41) is 2.97. The lowest BCUT2D eigenvalue weighted by atomic mass is 10.5. The lowest BCUT2D eigenvalue weighted by molar-refractivity contribution is 0.222. The molecule has 4 N–H and O–H groups in total. The maximum Gasteiger partial charge on any atom is 0.323 e. The van der Waals surface area contributed by atoms with Crippen molar-refractivity contribution in [2.45, 2.75) is 26.9 Å². The minimum atomic E-state index is -0.827. The van der Waals surface area contributed by atoms with E-state index in [2.05, 4.69) is 25.7 Å². The third-order valence-corrected chi connectivity index (χ3v) is 3.32. The van der Waals surface area contributed by atoms with E-state index in [0.717, 1.165) is 0 Å². The number of aromatic nitrogens is 3. The summed E-state index contributed by atoms with van der Waals surface area (Å²) in [6, 6.07) is 0.192. The van der Waals surface area contributed by atoms with Crippen molar-refractivity contribution in [3.8, 4) is 6.01 Å². The summed E-state index contributed by atoms with van der Waals surface area (Å²) < 4.78 is 16.7. The first-order valence-corrected chi connectivity index (χ1v) is 7.52. The van der Waals surface area contributed by atoms with Crippen LogP contribution in [-0.4, -0.2) is 43.3 Å². The minimum Gasteiger partial charge on any atom is -0.461 e. The molecular formula is C10H20N6O2S. The highest BCUT2D eigenvalue weighted by molar-refractivity contribution is 7.84. The van der Waals surface area contributed by atoms with Crippen LogP contribution < -0.4 is 21.3 Å². The Labute approximate surface area is 115 Å². The lowest BCUT2D eigenvalue weighted by Gasteiger charge is -2.10. The van der Waals surface area contributed by atoms with Gasteiger partial charge in [-0.15, -0.1) is 0 Å². The molecule has 108 valence electrons. The SMILES string of the molecule is CCS(=O)CCNc1nc(NN)nc(OC(C)C)n1. The van der Waals surface area contributed by atoms with Gasteiger partial charge in [-0.2, -0.15) is 15.0 Å². The summed E-state index contributed by atoms with van der Waals surface area (Å²) in [5.41, 5.74) is 2.35. The average molecular weight is 288 g/mol. The van der Waals surface area contributed by atoms with Crippen LogP contribution in [0.1, 0.15) is 20.8 Å². The van der Waals surface area contributed by atoms with Crippen LogP contribution in [0.2, 0.25) is 0 Å². The average Bonchev–Trinajstić information content (AvgIpc) is 2.37. The molecule has 1 unspecified atom stereocenters. The van der Waals surface area contributed by atoms with Gasteiger partial charge in [0.25, 0.3) is 0 Å². The Balaban J connectivity index is 2.68. The number of ether oxygens (including phenoxy) is 1. The second-order valence-corrected chi connectivity index (χ2v) is 5.80. The van der Waals surface area contributed by atoms with Crippen LogP contribution in [0.4, 0.5) is 11.9 Å². The van der Waals surface area contributed by atoms with Crippen LogP contribution in [0.15, 0.2) is 0 Å². The topological polar surface area (TPSA) is 115 Å². The number of hydrazine groups is 1. The van der Waals surface area contributed by atoms with E-state index in [4.69, 9.17) is 10.6 Å². The Kier molecular flexibility index (Phi) is 6.43. The number of nitrogens with zero attached hydrogens (tertiary/aromatic N) is 3. The van der Waals surface area contributed by atoms with Crippen LogP contribution in [0.25, 0.3) is 0 Å². The zero-order valence-corrected chi connectivity index (χ0v) is 12.2. The van der Waals surface area contributed by atoms with Crippen LogP contribution in [0.5, 0.6) is 6.01 Å². The minimum absolute atomic E-state index is 0.0477. The van der Waals surface area contributed by atoms with E-state index in [1.807, 2.05) is 20.8 Å². The molecule has 1 aromatic heterocycles. The molecule has 1 heterocycles. The summed E-state index contributed by atoms with van der Waals surface area (Å²) in [5.74, 6) is 7.01. The molecule has 0 aliphatic heterocycles. The molecule has 0 radical (unpaired) electrons. The van der Waals surface area contributed by atoms with Crippen molar-refractivity contribution in [1.82, 2.24) is 15.0 Å². The van der Waals surface area contributed by atoms with E-state index in [-0.39, 0.29) is 18.1 Å². The summed E-state index contributed by atoms with van der Waals surface area (Å²) in [4.78, 5) is 12.1. The zero-order valence-electron chi connectivity index (χ0n) is 11.3.